The average Bonchev–Trinajstić information content (AvgIpc) is 2.06. The molecule has 0 aliphatic carbocycles. The van der Waals surface area contributed by atoms with Crippen LogP contribution in [0.1, 0.15) is 5.56 Å². The molecule has 59 valence electrons. The summed E-state index contributed by atoms with van der Waals surface area (Å²) in [6.45, 7) is 1.52. The summed E-state index contributed by atoms with van der Waals surface area (Å²) in [5.74, 6) is 0. The van der Waals surface area contributed by atoms with Gasteiger partial charge in [0.2, 0.25) is 0 Å². The van der Waals surface area contributed by atoms with Gasteiger partial charge in [-0.1, -0.05) is 30.3 Å². The van der Waals surface area contributed by atoms with E-state index in [1.165, 1.54) is 12.1 Å². The Labute approximate surface area is 67.2 Å². The van der Waals surface area contributed by atoms with E-state index >= 15 is 0 Å². The Hall–Kier alpha value is -0.860. The maximum atomic E-state index is 5.62. The molecule has 0 saturated carbocycles. The van der Waals surface area contributed by atoms with Crippen LogP contribution in [-0.4, -0.2) is 6.04 Å². The Morgan fingerprint density at radius 1 is 1.27 bits per heavy atom. The molecule has 0 spiro atoms. The first kappa shape index (κ1) is 8.24. The zero-order valence-electron chi connectivity index (χ0n) is 6.40. The molecule has 2 nitrogen and oxygen atoms in total. The van der Waals surface area contributed by atoms with Crippen molar-refractivity contribution in [2.24, 2.45) is 11.5 Å². The Bertz CT molecular complexity index is 196. The Morgan fingerprint density at radius 2 is 1.91 bits per heavy atom. The van der Waals surface area contributed by atoms with Crippen LogP contribution in [0.5, 0.6) is 0 Å². The van der Waals surface area contributed by atoms with E-state index in [0.29, 0.717) is 0 Å². The minimum absolute atomic E-state index is 0.0302. The first-order chi connectivity index (χ1) is 5.33. The standard InChI is InChI=1S/C9H13N2/c10-7-9(11)6-8-4-2-1-3-5-8/h1-5,7,9H,6,10-11H2. The van der Waals surface area contributed by atoms with Gasteiger partial charge in [-0.3, -0.25) is 0 Å². The van der Waals surface area contributed by atoms with Crippen molar-refractivity contribution in [3.63, 3.8) is 0 Å². The van der Waals surface area contributed by atoms with Crippen molar-refractivity contribution in [3.05, 3.63) is 42.4 Å². The van der Waals surface area contributed by atoms with Crippen LogP contribution in [-0.2, 0) is 6.42 Å². The smallest absolute Gasteiger partial charge is 0.0364 e. The van der Waals surface area contributed by atoms with Gasteiger partial charge in [0.15, 0.2) is 0 Å². The lowest BCUT2D eigenvalue weighted by molar-refractivity contribution is 0.748. The second-order valence-corrected chi connectivity index (χ2v) is 2.55. The van der Waals surface area contributed by atoms with Crippen molar-refractivity contribution < 1.29 is 0 Å². The van der Waals surface area contributed by atoms with Crippen molar-refractivity contribution >= 4 is 0 Å². The molecule has 1 atom stereocenters. The van der Waals surface area contributed by atoms with E-state index in [2.05, 4.69) is 0 Å². The van der Waals surface area contributed by atoms with Gasteiger partial charge < -0.3 is 11.5 Å². The monoisotopic (exact) mass is 149 g/mol. The number of rotatable bonds is 3. The highest BCUT2D eigenvalue weighted by Gasteiger charge is 1.99. The van der Waals surface area contributed by atoms with Crippen molar-refractivity contribution in [1.29, 1.82) is 0 Å². The quantitative estimate of drug-likeness (QED) is 0.664. The molecular formula is C9H13N2. The molecule has 1 rings (SSSR count). The lowest BCUT2D eigenvalue weighted by Gasteiger charge is -2.06. The summed E-state index contributed by atoms with van der Waals surface area (Å²) in [6, 6.07) is 10.0. The summed E-state index contributed by atoms with van der Waals surface area (Å²) in [5, 5.41) is 0. The zero-order chi connectivity index (χ0) is 8.10. The molecule has 0 fully saturated rings. The predicted molar refractivity (Wildman–Crippen MR) is 46.6 cm³/mol. The van der Waals surface area contributed by atoms with Crippen molar-refractivity contribution in [1.82, 2.24) is 0 Å². The number of benzene rings is 1. The SMILES string of the molecule is N[CH]C(N)Cc1ccccc1. The molecule has 1 aromatic carbocycles. The maximum Gasteiger partial charge on any atom is 0.0364 e. The zero-order valence-corrected chi connectivity index (χ0v) is 6.40. The summed E-state index contributed by atoms with van der Waals surface area (Å²) in [5.41, 5.74) is 12.1. The lowest BCUT2D eigenvalue weighted by Crippen LogP contribution is -2.26. The fourth-order valence-electron chi connectivity index (χ4n) is 0.954. The van der Waals surface area contributed by atoms with Gasteiger partial charge >= 0.3 is 0 Å². The van der Waals surface area contributed by atoms with Crippen LogP contribution in [0.4, 0.5) is 0 Å². The molecule has 0 heterocycles. The average molecular weight is 149 g/mol. The lowest BCUT2D eigenvalue weighted by atomic mass is 10.1. The van der Waals surface area contributed by atoms with Crippen LogP contribution in [0.2, 0.25) is 0 Å². The minimum Gasteiger partial charge on any atom is -0.326 e. The van der Waals surface area contributed by atoms with Gasteiger partial charge in [-0.15, -0.1) is 0 Å². The molecule has 2 heteroatoms. The van der Waals surface area contributed by atoms with Crippen LogP contribution in [0.3, 0.4) is 0 Å². The summed E-state index contributed by atoms with van der Waals surface area (Å²) in [4.78, 5) is 0. The predicted octanol–water partition coefficient (Wildman–Crippen LogP) is 0.677. The van der Waals surface area contributed by atoms with Gasteiger partial charge in [0.25, 0.3) is 0 Å². The van der Waals surface area contributed by atoms with Gasteiger partial charge in [-0.2, -0.15) is 0 Å². The summed E-state index contributed by atoms with van der Waals surface area (Å²) < 4.78 is 0. The summed E-state index contributed by atoms with van der Waals surface area (Å²) in [7, 11) is 0. The van der Waals surface area contributed by atoms with Gasteiger partial charge in [0, 0.05) is 12.6 Å². The van der Waals surface area contributed by atoms with Crippen LogP contribution in [0.25, 0.3) is 0 Å². The molecule has 0 bridgehead atoms. The van der Waals surface area contributed by atoms with Crippen molar-refractivity contribution in [2.75, 3.05) is 0 Å². The molecule has 11 heavy (non-hydrogen) atoms. The van der Waals surface area contributed by atoms with Crippen LogP contribution in [0.15, 0.2) is 30.3 Å². The molecule has 0 aromatic heterocycles. The number of nitrogens with two attached hydrogens (primary N) is 2. The highest BCUT2D eigenvalue weighted by atomic mass is 14.7. The van der Waals surface area contributed by atoms with E-state index in [4.69, 9.17) is 11.5 Å². The third-order valence-electron chi connectivity index (χ3n) is 1.56. The largest absolute Gasteiger partial charge is 0.326 e. The highest BCUT2D eigenvalue weighted by molar-refractivity contribution is 5.16. The third kappa shape index (κ3) is 2.70. The highest BCUT2D eigenvalue weighted by Crippen LogP contribution is 2.01. The van der Waals surface area contributed by atoms with E-state index in [1.807, 2.05) is 30.3 Å². The van der Waals surface area contributed by atoms with E-state index in [-0.39, 0.29) is 6.04 Å². The molecule has 1 aromatic rings. The number of hydrogen-bond acceptors (Lipinski definition) is 2. The fraction of sp³-hybridized carbons (Fsp3) is 0.222. The second kappa shape index (κ2) is 4.11. The molecule has 0 aliphatic heterocycles. The van der Waals surface area contributed by atoms with Gasteiger partial charge in [-0.25, -0.2) is 0 Å². The van der Waals surface area contributed by atoms with Crippen LogP contribution < -0.4 is 11.5 Å². The summed E-state index contributed by atoms with van der Waals surface area (Å²) in [6.07, 6.45) is 0.817. The first-order valence-corrected chi connectivity index (χ1v) is 3.67. The molecule has 1 radical (unpaired) electrons. The molecule has 4 N–H and O–H groups in total. The first-order valence-electron chi connectivity index (χ1n) is 3.67. The van der Waals surface area contributed by atoms with E-state index < -0.39 is 0 Å². The minimum atomic E-state index is -0.0302. The fourth-order valence-corrected chi connectivity index (χ4v) is 0.954. The normalized spacial score (nSPS) is 12.9. The van der Waals surface area contributed by atoms with Crippen molar-refractivity contribution in [2.45, 2.75) is 12.5 Å². The molecule has 0 aliphatic rings. The maximum absolute atomic E-state index is 5.62. The van der Waals surface area contributed by atoms with Gasteiger partial charge in [0.1, 0.15) is 0 Å². The molecule has 1 unspecified atom stereocenters. The Balaban J connectivity index is 2.51. The van der Waals surface area contributed by atoms with E-state index in [0.717, 1.165) is 6.42 Å². The van der Waals surface area contributed by atoms with Gasteiger partial charge in [0.05, 0.1) is 0 Å². The van der Waals surface area contributed by atoms with Gasteiger partial charge in [-0.05, 0) is 12.0 Å². The Morgan fingerprint density at radius 3 is 2.45 bits per heavy atom. The van der Waals surface area contributed by atoms with E-state index in [1.54, 1.807) is 0 Å². The third-order valence-corrected chi connectivity index (χ3v) is 1.56. The summed E-state index contributed by atoms with van der Waals surface area (Å²) >= 11 is 0. The second-order valence-electron chi connectivity index (χ2n) is 2.55. The molecular weight excluding hydrogens is 136 g/mol. The molecule has 0 saturated heterocycles. The number of hydrogen-bond donors (Lipinski definition) is 2. The Kier molecular flexibility index (Phi) is 3.08. The van der Waals surface area contributed by atoms with Crippen molar-refractivity contribution in [3.8, 4) is 0 Å². The van der Waals surface area contributed by atoms with Crippen LogP contribution in [0, 0.1) is 6.54 Å². The van der Waals surface area contributed by atoms with E-state index in [9.17, 15) is 0 Å². The van der Waals surface area contributed by atoms with Crippen LogP contribution >= 0.6 is 0 Å². The molecule has 0 amide bonds. The topological polar surface area (TPSA) is 52.0 Å².